The summed E-state index contributed by atoms with van der Waals surface area (Å²) in [7, 11) is 1.39. The van der Waals surface area contributed by atoms with Crippen molar-refractivity contribution in [3.05, 3.63) is 35.5 Å². The molecule has 16 heavy (non-hydrogen) atoms. The highest BCUT2D eigenvalue weighted by Gasteiger charge is 1.94. The molecule has 0 aromatic carbocycles. The van der Waals surface area contributed by atoms with E-state index in [1.165, 1.54) is 24.3 Å². The number of carbonyl (C=O) groups excluding carboxylic acids is 1. The molecule has 2 nitrogen and oxygen atoms in total. The molecule has 0 fully saturated rings. The van der Waals surface area contributed by atoms with Gasteiger partial charge in [0, 0.05) is 6.08 Å². The van der Waals surface area contributed by atoms with Crippen LogP contribution >= 0.6 is 0 Å². The quantitative estimate of drug-likeness (QED) is 0.388. The second-order valence-corrected chi connectivity index (χ2v) is 3.90. The topological polar surface area (TPSA) is 26.3 Å². The van der Waals surface area contributed by atoms with Gasteiger partial charge in [-0.15, -0.1) is 0 Å². The van der Waals surface area contributed by atoms with Crippen LogP contribution in [-0.2, 0) is 9.53 Å². The average molecular weight is 222 g/mol. The number of rotatable bonds is 6. The van der Waals surface area contributed by atoms with Crippen molar-refractivity contribution < 1.29 is 9.53 Å². The van der Waals surface area contributed by atoms with Gasteiger partial charge in [0.15, 0.2) is 0 Å². The Morgan fingerprint density at radius 1 is 1.31 bits per heavy atom. The van der Waals surface area contributed by atoms with Crippen LogP contribution in [0.4, 0.5) is 0 Å². The Morgan fingerprint density at radius 2 is 2.00 bits per heavy atom. The first-order valence-electron chi connectivity index (χ1n) is 5.62. The van der Waals surface area contributed by atoms with Gasteiger partial charge in [-0.3, -0.25) is 0 Å². The third kappa shape index (κ3) is 8.04. The number of hydrogen-bond acceptors (Lipinski definition) is 2. The molecule has 0 amide bonds. The van der Waals surface area contributed by atoms with Crippen LogP contribution in [0.3, 0.4) is 0 Å². The van der Waals surface area contributed by atoms with Crippen LogP contribution in [0.1, 0.15) is 40.0 Å². The molecule has 0 unspecified atom stereocenters. The summed E-state index contributed by atoms with van der Waals surface area (Å²) in [6.07, 6.45) is 10.6. The van der Waals surface area contributed by atoms with Crippen molar-refractivity contribution in [2.24, 2.45) is 0 Å². The summed E-state index contributed by atoms with van der Waals surface area (Å²) in [5.41, 5.74) is 2.69. The zero-order valence-electron chi connectivity index (χ0n) is 10.7. The van der Waals surface area contributed by atoms with Gasteiger partial charge in [0.1, 0.15) is 0 Å². The largest absolute Gasteiger partial charge is 0.466 e. The first-order chi connectivity index (χ1) is 7.60. The lowest BCUT2D eigenvalue weighted by Crippen LogP contribution is -1.93. The van der Waals surface area contributed by atoms with Crippen LogP contribution in [0.25, 0.3) is 0 Å². The van der Waals surface area contributed by atoms with Crippen LogP contribution < -0.4 is 0 Å². The number of hydrogen-bond donors (Lipinski definition) is 0. The average Bonchev–Trinajstić information content (AvgIpc) is 2.26. The highest BCUT2D eigenvalue weighted by molar-refractivity contribution is 5.81. The summed E-state index contributed by atoms with van der Waals surface area (Å²) in [5, 5.41) is 0. The molecule has 2 heteroatoms. The van der Waals surface area contributed by atoms with Gasteiger partial charge in [-0.05, 0) is 40.0 Å². The monoisotopic (exact) mass is 222 g/mol. The van der Waals surface area contributed by atoms with E-state index in [2.05, 4.69) is 30.7 Å². The SMILES string of the molecule is C/C=C(\C/C=C/C(=O)OC)CCC=C(C)C. The van der Waals surface area contributed by atoms with Crippen molar-refractivity contribution in [2.45, 2.75) is 40.0 Å². The van der Waals surface area contributed by atoms with Crippen LogP contribution in [0.2, 0.25) is 0 Å². The zero-order valence-corrected chi connectivity index (χ0v) is 10.7. The van der Waals surface area contributed by atoms with E-state index >= 15 is 0 Å². The van der Waals surface area contributed by atoms with Crippen LogP contribution in [-0.4, -0.2) is 13.1 Å². The van der Waals surface area contributed by atoms with Crippen molar-refractivity contribution in [3.8, 4) is 0 Å². The van der Waals surface area contributed by atoms with E-state index < -0.39 is 0 Å². The lowest BCUT2D eigenvalue weighted by molar-refractivity contribution is -0.134. The van der Waals surface area contributed by atoms with Crippen molar-refractivity contribution in [1.29, 1.82) is 0 Å². The Hall–Kier alpha value is -1.31. The van der Waals surface area contributed by atoms with Gasteiger partial charge in [0.25, 0.3) is 0 Å². The molecule has 0 saturated heterocycles. The first-order valence-corrected chi connectivity index (χ1v) is 5.62. The Balaban J connectivity index is 3.99. The third-order valence-corrected chi connectivity index (χ3v) is 2.26. The fraction of sp³-hybridized carbons (Fsp3) is 0.500. The summed E-state index contributed by atoms with van der Waals surface area (Å²) in [6.45, 7) is 6.24. The number of allylic oxidation sites excluding steroid dienone is 5. The van der Waals surface area contributed by atoms with Crippen LogP contribution in [0.15, 0.2) is 35.5 Å². The van der Waals surface area contributed by atoms with E-state index in [0.29, 0.717) is 0 Å². The maximum Gasteiger partial charge on any atom is 0.330 e. The number of ether oxygens (including phenoxy) is 1. The smallest absolute Gasteiger partial charge is 0.330 e. The van der Waals surface area contributed by atoms with Gasteiger partial charge in [-0.1, -0.05) is 29.4 Å². The van der Waals surface area contributed by atoms with Crippen LogP contribution in [0, 0.1) is 0 Å². The number of methoxy groups -OCH3 is 1. The molecule has 0 bridgehead atoms. The second-order valence-electron chi connectivity index (χ2n) is 3.90. The van der Waals surface area contributed by atoms with E-state index in [1.54, 1.807) is 0 Å². The molecule has 0 aliphatic rings. The molecule has 0 saturated carbocycles. The van der Waals surface area contributed by atoms with Gasteiger partial charge in [-0.2, -0.15) is 0 Å². The Kier molecular flexibility index (Phi) is 8.22. The van der Waals surface area contributed by atoms with E-state index in [0.717, 1.165) is 19.3 Å². The molecule has 0 radical (unpaired) electrons. The summed E-state index contributed by atoms with van der Waals surface area (Å²) in [6, 6.07) is 0. The Morgan fingerprint density at radius 3 is 2.50 bits per heavy atom. The number of esters is 1. The predicted octanol–water partition coefficient (Wildman–Crippen LogP) is 3.80. The maximum atomic E-state index is 10.8. The second kappa shape index (κ2) is 8.96. The zero-order chi connectivity index (χ0) is 12.4. The molecule has 0 aliphatic carbocycles. The van der Waals surface area contributed by atoms with Gasteiger partial charge in [0.05, 0.1) is 7.11 Å². The minimum absolute atomic E-state index is 0.292. The molecule has 0 rings (SSSR count). The van der Waals surface area contributed by atoms with Gasteiger partial charge in [0.2, 0.25) is 0 Å². The van der Waals surface area contributed by atoms with E-state index in [4.69, 9.17) is 0 Å². The van der Waals surface area contributed by atoms with Crippen molar-refractivity contribution in [3.63, 3.8) is 0 Å². The Labute approximate surface area is 98.7 Å². The molecule has 90 valence electrons. The standard InChI is InChI=1S/C14H22O2/c1-5-13(9-6-8-12(2)3)10-7-11-14(15)16-4/h5,7-8,11H,6,9-10H2,1-4H3/b11-7+,13-5-. The fourth-order valence-corrected chi connectivity index (χ4v) is 1.29. The molecule has 0 atom stereocenters. The van der Waals surface area contributed by atoms with E-state index in [1.807, 2.05) is 13.0 Å². The number of carbonyl (C=O) groups is 1. The minimum Gasteiger partial charge on any atom is -0.466 e. The predicted molar refractivity (Wildman–Crippen MR) is 68.2 cm³/mol. The van der Waals surface area contributed by atoms with Gasteiger partial charge < -0.3 is 4.74 Å². The molecule has 0 spiro atoms. The minimum atomic E-state index is -0.292. The molecule has 0 aromatic heterocycles. The fourth-order valence-electron chi connectivity index (χ4n) is 1.29. The molecule has 0 heterocycles. The summed E-state index contributed by atoms with van der Waals surface area (Å²) < 4.78 is 4.52. The van der Waals surface area contributed by atoms with Crippen molar-refractivity contribution in [2.75, 3.05) is 7.11 Å². The molecular weight excluding hydrogens is 200 g/mol. The van der Waals surface area contributed by atoms with Gasteiger partial charge in [-0.25, -0.2) is 4.79 Å². The maximum absolute atomic E-state index is 10.8. The van der Waals surface area contributed by atoms with Crippen molar-refractivity contribution in [1.82, 2.24) is 0 Å². The first kappa shape index (κ1) is 14.7. The molecular formula is C14H22O2. The highest BCUT2D eigenvalue weighted by Crippen LogP contribution is 2.12. The summed E-state index contributed by atoms with van der Waals surface area (Å²) >= 11 is 0. The lowest BCUT2D eigenvalue weighted by atomic mass is 10.1. The van der Waals surface area contributed by atoms with E-state index in [9.17, 15) is 4.79 Å². The third-order valence-electron chi connectivity index (χ3n) is 2.26. The van der Waals surface area contributed by atoms with Gasteiger partial charge >= 0.3 is 5.97 Å². The highest BCUT2D eigenvalue weighted by atomic mass is 16.5. The van der Waals surface area contributed by atoms with Crippen LogP contribution in [0.5, 0.6) is 0 Å². The lowest BCUT2D eigenvalue weighted by Gasteiger charge is -2.01. The molecule has 0 aromatic rings. The van der Waals surface area contributed by atoms with E-state index in [-0.39, 0.29) is 5.97 Å². The molecule has 0 N–H and O–H groups in total. The van der Waals surface area contributed by atoms with Crippen molar-refractivity contribution >= 4 is 5.97 Å². The Bertz CT molecular complexity index is 292. The summed E-state index contributed by atoms with van der Waals surface area (Å²) in [5.74, 6) is -0.292. The normalized spacial score (nSPS) is 11.6. The summed E-state index contributed by atoms with van der Waals surface area (Å²) in [4.78, 5) is 10.8. The molecule has 0 aliphatic heterocycles.